The lowest BCUT2D eigenvalue weighted by atomic mass is 10.1. The third-order valence-corrected chi connectivity index (χ3v) is 4.62. The zero-order valence-electron chi connectivity index (χ0n) is 18.5. The maximum Gasteiger partial charge on any atom is 0.416 e. The first kappa shape index (κ1) is 24.9. The number of nitrogens with one attached hydrogen (secondary N) is 1. The summed E-state index contributed by atoms with van der Waals surface area (Å²) in [6, 6.07) is 8.98. The Labute approximate surface area is 192 Å². The number of hydrogen-bond acceptors (Lipinski definition) is 7. The molecule has 3 rings (SSSR count). The van der Waals surface area contributed by atoms with Crippen LogP contribution >= 0.6 is 0 Å². The number of aromatic carboxylic acids is 1. The molecule has 0 aliphatic heterocycles. The molecule has 0 bridgehead atoms. The van der Waals surface area contributed by atoms with Crippen molar-refractivity contribution < 1.29 is 42.0 Å². The van der Waals surface area contributed by atoms with E-state index in [0.29, 0.717) is 17.1 Å². The Hall–Kier alpha value is -3.77. The number of carbonyl (C=O) groups is 1. The van der Waals surface area contributed by atoms with Crippen LogP contribution in [0.2, 0.25) is 0 Å². The van der Waals surface area contributed by atoms with Crippen LogP contribution in [0.4, 0.5) is 24.7 Å². The van der Waals surface area contributed by atoms with Crippen LogP contribution in [-0.2, 0) is 22.7 Å². The lowest BCUT2D eigenvalue weighted by Gasteiger charge is -2.16. The predicted molar refractivity (Wildman–Crippen MR) is 115 cm³/mol. The van der Waals surface area contributed by atoms with Crippen LogP contribution in [-0.4, -0.2) is 48.7 Å². The van der Waals surface area contributed by atoms with Crippen molar-refractivity contribution in [3.63, 3.8) is 0 Å². The second-order valence-electron chi connectivity index (χ2n) is 6.99. The van der Waals surface area contributed by atoms with Crippen LogP contribution in [0.25, 0.3) is 11.3 Å². The molecule has 0 saturated carbocycles. The van der Waals surface area contributed by atoms with Crippen molar-refractivity contribution in [3.05, 3.63) is 53.6 Å². The summed E-state index contributed by atoms with van der Waals surface area (Å²) < 4.78 is 60.6. The second kappa shape index (κ2) is 10.4. The van der Waals surface area contributed by atoms with E-state index in [-0.39, 0.29) is 36.3 Å². The molecule has 0 spiro atoms. The first-order chi connectivity index (χ1) is 16.1. The molecule has 1 aromatic heterocycles. The van der Waals surface area contributed by atoms with E-state index in [1.165, 1.54) is 43.2 Å². The van der Waals surface area contributed by atoms with Gasteiger partial charge in [0.05, 0.1) is 16.9 Å². The summed E-state index contributed by atoms with van der Waals surface area (Å²) in [5.41, 5.74) is 0.0241. The van der Waals surface area contributed by atoms with E-state index in [1.807, 2.05) is 0 Å². The van der Waals surface area contributed by atoms with E-state index in [4.69, 9.17) is 18.9 Å². The number of nitrogens with zero attached hydrogens (tertiary/aromatic N) is 2. The molecule has 34 heavy (non-hydrogen) atoms. The van der Waals surface area contributed by atoms with Gasteiger partial charge in [-0.1, -0.05) is 12.1 Å². The number of alkyl halides is 3. The highest BCUT2D eigenvalue weighted by atomic mass is 19.4. The van der Waals surface area contributed by atoms with Crippen LogP contribution in [0.5, 0.6) is 11.5 Å². The molecule has 2 N–H and O–H groups in total. The normalized spacial score (nSPS) is 11.4. The molecule has 1 heterocycles. The number of anilines is 2. The molecule has 2 aromatic carbocycles. The minimum atomic E-state index is -4.44. The van der Waals surface area contributed by atoms with Crippen molar-refractivity contribution in [1.82, 2.24) is 9.78 Å². The van der Waals surface area contributed by atoms with Gasteiger partial charge in [-0.2, -0.15) is 18.3 Å². The Bertz CT molecular complexity index is 1150. The van der Waals surface area contributed by atoms with E-state index in [2.05, 4.69) is 10.4 Å². The molecule has 182 valence electrons. The smallest absolute Gasteiger partial charge is 0.416 e. The number of carboxylic acid groups (broad SMARTS) is 1. The van der Waals surface area contributed by atoms with Crippen LogP contribution < -0.4 is 14.8 Å². The van der Waals surface area contributed by atoms with E-state index in [9.17, 15) is 23.1 Å². The highest BCUT2D eigenvalue weighted by Gasteiger charge is 2.30. The molecule has 0 saturated heterocycles. The minimum Gasteiger partial charge on any atom is -0.477 e. The number of rotatable bonds is 10. The van der Waals surface area contributed by atoms with Crippen molar-refractivity contribution in [2.75, 3.05) is 33.1 Å². The van der Waals surface area contributed by atoms with Crippen LogP contribution in [0.3, 0.4) is 0 Å². The Balaban J connectivity index is 1.98. The molecule has 0 unspecified atom stereocenters. The number of hydrogen-bond donors (Lipinski definition) is 2. The molecular formula is C22H22F3N3O6. The number of ether oxygens (including phenoxy) is 4. The quantitative estimate of drug-likeness (QED) is 0.408. The zero-order chi connectivity index (χ0) is 24.9. The highest BCUT2D eigenvalue weighted by molar-refractivity contribution is 5.98. The number of benzene rings is 2. The highest BCUT2D eigenvalue weighted by Crippen LogP contribution is 2.36. The Morgan fingerprint density at radius 3 is 2.29 bits per heavy atom. The summed E-state index contributed by atoms with van der Waals surface area (Å²) in [5.74, 6) is -0.628. The predicted octanol–water partition coefficient (Wildman–Crippen LogP) is 4.51. The lowest BCUT2D eigenvalue weighted by Crippen LogP contribution is -2.11. The number of halogens is 3. The monoisotopic (exact) mass is 481 g/mol. The molecule has 9 nitrogen and oxygen atoms in total. The summed E-state index contributed by atoms with van der Waals surface area (Å²) in [6.07, 6.45) is -4.44. The summed E-state index contributed by atoms with van der Waals surface area (Å²) in [5, 5.41) is 17.1. The summed E-state index contributed by atoms with van der Waals surface area (Å²) in [4.78, 5) is 12.0. The standard InChI is InChI=1S/C22H22F3N3O6/c1-28-19(10-16(27-28)13-4-6-14(7-5-13)22(23,24)25)26-17-8-15(33-11-31-2)9-18(34-12-32-3)20(17)21(29)30/h4-10,26H,11-12H2,1-3H3,(H,29,30). The van der Waals surface area contributed by atoms with Gasteiger partial charge < -0.3 is 29.4 Å². The van der Waals surface area contributed by atoms with Gasteiger partial charge in [-0.05, 0) is 12.1 Å². The molecule has 3 aromatic rings. The molecule has 0 atom stereocenters. The molecule has 0 fully saturated rings. The van der Waals surface area contributed by atoms with Gasteiger partial charge in [0.25, 0.3) is 0 Å². The summed E-state index contributed by atoms with van der Waals surface area (Å²) in [7, 11) is 4.43. The van der Waals surface area contributed by atoms with E-state index >= 15 is 0 Å². The van der Waals surface area contributed by atoms with Crippen LogP contribution in [0.1, 0.15) is 15.9 Å². The fourth-order valence-electron chi connectivity index (χ4n) is 3.05. The number of carboxylic acids is 1. The maximum absolute atomic E-state index is 12.8. The van der Waals surface area contributed by atoms with Gasteiger partial charge in [0, 0.05) is 45.0 Å². The molecule has 0 amide bonds. The van der Waals surface area contributed by atoms with Crippen molar-refractivity contribution in [3.8, 4) is 22.8 Å². The average molecular weight is 481 g/mol. The zero-order valence-corrected chi connectivity index (χ0v) is 18.5. The summed E-state index contributed by atoms with van der Waals surface area (Å²) >= 11 is 0. The van der Waals surface area contributed by atoms with E-state index in [1.54, 1.807) is 13.1 Å². The third kappa shape index (κ3) is 5.77. The van der Waals surface area contributed by atoms with Gasteiger partial charge in [-0.3, -0.25) is 4.68 Å². The Morgan fingerprint density at radius 1 is 1.06 bits per heavy atom. The van der Waals surface area contributed by atoms with Crippen molar-refractivity contribution in [2.45, 2.75) is 6.18 Å². The van der Waals surface area contributed by atoms with Crippen LogP contribution in [0.15, 0.2) is 42.5 Å². The number of methoxy groups -OCH3 is 2. The first-order valence-electron chi connectivity index (χ1n) is 9.77. The largest absolute Gasteiger partial charge is 0.477 e. The fourth-order valence-corrected chi connectivity index (χ4v) is 3.05. The molecule has 12 heteroatoms. The third-order valence-electron chi connectivity index (χ3n) is 4.62. The van der Waals surface area contributed by atoms with Crippen molar-refractivity contribution >= 4 is 17.5 Å². The van der Waals surface area contributed by atoms with Crippen molar-refractivity contribution in [1.29, 1.82) is 0 Å². The van der Waals surface area contributed by atoms with Gasteiger partial charge in [0.15, 0.2) is 13.6 Å². The molecule has 0 aliphatic rings. The lowest BCUT2D eigenvalue weighted by molar-refractivity contribution is -0.137. The first-order valence-corrected chi connectivity index (χ1v) is 9.77. The molecular weight excluding hydrogens is 459 g/mol. The Morgan fingerprint density at radius 2 is 1.71 bits per heavy atom. The van der Waals surface area contributed by atoms with Gasteiger partial charge in [0.2, 0.25) is 0 Å². The van der Waals surface area contributed by atoms with Gasteiger partial charge >= 0.3 is 12.1 Å². The SMILES string of the molecule is COCOc1cc(Nc2cc(-c3ccc(C(F)(F)F)cc3)nn2C)c(C(=O)O)c(OCOC)c1. The van der Waals surface area contributed by atoms with Gasteiger partial charge in [0.1, 0.15) is 22.9 Å². The Kier molecular flexibility index (Phi) is 7.64. The topological polar surface area (TPSA) is 104 Å². The minimum absolute atomic E-state index is 0.00409. The van der Waals surface area contributed by atoms with Gasteiger partial charge in [-0.25, -0.2) is 4.79 Å². The average Bonchev–Trinajstić information content (AvgIpc) is 3.15. The molecule has 0 aliphatic carbocycles. The molecule has 0 radical (unpaired) electrons. The van der Waals surface area contributed by atoms with Gasteiger partial charge in [-0.15, -0.1) is 0 Å². The maximum atomic E-state index is 12.8. The van der Waals surface area contributed by atoms with E-state index in [0.717, 1.165) is 12.1 Å². The fraction of sp³-hybridized carbons (Fsp3) is 0.273. The van der Waals surface area contributed by atoms with E-state index < -0.39 is 17.7 Å². The number of aromatic nitrogens is 2. The van der Waals surface area contributed by atoms with Crippen LogP contribution in [0, 0.1) is 0 Å². The number of aryl methyl sites for hydroxylation is 1. The second-order valence-corrected chi connectivity index (χ2v) is 6.99. The van der Waals surface area contributed by atoms with Crippen molar-refractivity contribution in [2.24, 2.45) is 7.05 Å². The summed E-state index contributed by atoms with van der Waals surface area (Å²) in [6.45, 7) is -0.281.